The fourth-order valence-corrected chi connectivity index (χ4v) is 0.913. The topological polar surface area (TPSA) is 113 Å². The molecule has 4 atom stereocenters. The van der Waals surface area contributed by atoms with Crippen molar-refractivity contribution in [2.45, 2.75) is 24.5 Å². The number of carbonyl (C=O) groups is 1. The quantitative estimate of drug-likeness (QED) is 0.339. The number of carboxylic acid groups (broad SMARTS) is 1. The van der Waals surface area contributed by atoms with Crippen molar-refractivity contribution in [2.24, 2.45) is 5.73 Å². The minimum absolute atomic E-state index is 1.07. The zero-order valence-corrected chi connectivity index (χ0v) is 5.54. The second kappa shape index (κ2) is 2.74. The van der Waals surface area contributed by atoms with Crippen LogP contribution in [0.3, 0.4) is 0 Å². The summed E-state index contributed by atoms with van der Waals surface area (Å²) < 4.78 is 4.43. The van der Waals surface area contributed by atoms with Gasteiger partial charge in [0.05, 0.1) is 6.04 Å². The number of hydrogen-bond donors (Lipinski definition) is 4. The van der Waals surface area contributed by atoms with Crippen LogP contribution in [0.15, 0.2) is 0 Å². The summed E-state index contributed by atoms with van der Waals surface area (Å²) in [6, 6.07) is -1.07. The lowest BCUT2D eigenvalue weighted by molar-refractivity contribution is -0.164. The normalized spacial score (nSPS) is 44.3. The molecule has 0 saturated carbocycles. The van der Waals surface area contributed by atoms with Gasteiger partial charge in [-0.3, -0.25) is 0 Å². The van der Waals surface area contributed by atoms with Gasteiger partial charge in [0.25, 0.3) is 0 Å². The zero-order chi connectivity index (χ0) is 8.59. The van der Waals surface area contributed by atoms with E-state index in [-0.39, 0.29) is 0 Å². The van der Waals surface area contributed by atoms with E-state index in [1.165, 1.54) is 0 Å². The Balaban J connectivity index is 2.67. The summed E-state index contributed by atoms with van der Waals surface area (Å²) in [5, 5.41) is 26.1. The van der Waals surface area contributed by atoms with Crippen LogP contribution in [0.2, 0.25) is 0 Å². The van der Waals surface area contributed by atoms with Gasteiger partial charge in [0.15, 0.2) is 12.4 Å². The SMILES string of the molecule is N[C@@H]1C(C(=O)O)O[C@H](O)[C@@H]1O. The van der Waals surface area contributed by atoms with Crippen LogP contribution in [0.25, 0.3) is 0 Å². The first-order chi connectivity index (χ1) is 5.04. The average molecular weight is 163 g/mol. The van der Waals surface area contributed by atoms with Gasteiger partial charge in [-0.2, -0.15) is 0 Å². The third-order valence-electron chi connectivity index (χ3n) is 1.57. The van der Waals surface area contributed by atoms with E-state index in [0.29, 0.717) is 0 Å². The molecule has 5 N–H and O–H groups in total. The van der Waals surface area contributed by atoms with Crippen LogP contribution in [-0.4, -0.2) is 45.8 Å². The molecule has 11 heavy (non-hydrogen) atoms. The highest BCUT2D eigenvalue weighted by atomic mass is 16.6. The van der Waals surface area contributed by atoms with Gasteiger partial charge >= 0.3 is 5.97 Å². The minimum atomic E-state index is -1.49. The lowest BCUT2D eigenvalue weighted by atomic mass is 10.1. The van der Waals surface area contributed by atoms with Crippen LogP contribution in [0.4, 0.5) is 0 Å². The van der Waals surface area contributed by atoms with E-state index in [2.05, 4.69) is 4.74 Å². The maximum Gasteiger partial charge on any atom is 0.334 e. The molecule has 0 aromatic carbocycles. The Kier molecular flexibility index (Phi) is 2.10. The highest BCUT2D eigenvalue weighted by molar-refractivity contribution is 5.73. The molecule has 1 fully saturated rings. The van der Waals surface area contributed by atoms with Gasteiger partial charge in [-0.05, 0) is 0 Å². The summed E-state index contributed by atoms with van der Waals surface area (Å²) >= 11 is 0. The van der Waals surface area contributed by atoms with E-state index in [1.807, 2.05) is 0 Å². The molecule has 0 amide bonds. The molecule has 0 aromatic rings. The maximum absolute atomic E-state index is 10.3. The number of carboxylic acids is 1. The number of aliphatic hydroxyl groups excluding tert-OH is 2. The van der Waals surface area contributed by atoms with Gasteiger partial charge < -0.3 is 25.8 Å². The molecule has 1 rings (SSSR count). The van der Waals surface area contributed by atoms with E-state index < -0.39 is 30.5 Å². The van der Waals surface area contributed by atoms with Crippen molar-refractivity contribution < 1.29 is 24.9 Å². The number of aliphatic carboxylic acids is 1. The molecule has 6 heteroatoms. The summed E-state index contributed by atoms with van der Waals surface area (Å²) in [4.78, 5) is 10.3. The number of aliphatic hydroxyl groups is 2. The third-order valence-corrected chi connectivity index (χ3v) is 1.57. The van der Waals surface area contributed by atoms with E-state index in [1.54, 1.807) is 0 Å². The third kappa shape index (κ3) is 1.33. The van der Waals surface area contributed by atoms with Crippen LogP contribution in [0, 0.1) is 0 Å². The van der Waals surface area contributed by atoms with Crippen LogP contribution in [0.5, 0.6) is 0 Å². The standard InChI is InChI=1S/C5H9NO5/c6-1-2(7)5(10)11-3(1)4(8)9/h1-3,5,7,10H,6H2,(H,8,9)/t1-,2+,3?,5-/m0/s1. The molecule has 6 nitrogen and oxygen atoms in total. The van der Waals surface area contributed by atoms with E-state index in [0.717, 1.165) is 0 Å². The molecular formula is C5H9NO5. The Hall–Kier alpha value is -0.690. The van der Waals surface area contributed by atoms with Crippen molar-refractivity contribution in [3.63, 3.8) is 0 Å². The predicted molar refractivity (Wildman–Crippen MR) is 32.5 cm³/mol. The maximum atomic E-state index is 10.3. The molecule has 0 spiro atoms. The first-order valence-corrected chi connectivity index (χ1v) is 3.04. The van der Waals surface area contributed by atoms with Crippen molar-refractivity contribution >= 4 is 5.97 Å². The lowest BCUT2D eigenvalue weighted by Gasteiger charge is -2.09. The fourth-order valence-electron chi connectivity index (χ4n) is 0.913. The van der Waals surface area contributed by atoms with Crippen LogP contribution < -0.4 is 5.73 Å². The Labute approximate surface area is 62.2 Å². The van der Waals surface area contributed by atoms with Gasteiger partial charge in [-0.1, -0.05) is 0 Å². The minimum Gasteiger partial charge on any atom is -0.479 e. The van der Waals surface area contributed by atoms with E-state index in [4.69, 9.17) is 21.1 Å². The van der Waals surface area contributed by atoms with E-state index >= 15 is 0 Å². The van der Waals surface area contributed by atoms with Crippen molar-refractivity contribution in [1.82, 2.24) is 0 Å². The average Bonchev–Trinajstić information content (AvgIpc) is 2.17. The Morgan fingerprint density at radius 3 is 2.18 bits per heavy atom. The van der Waals surface area contributed by atoms with Gasteiger partial charge in [0, 0.05) is 0 Å². The Bertz CT molecular complexity index is 172. The van der Waals surface area contributed by atoms with Crippen molar-refractivity contribution in [3.8, 4) is 0 Å². The van der Waals surface area contributed by atoms with Crippen molar-refractivity contribution in [1.29, 1.82) is 0 Å². The molecule has 1 aliphatic heterocycles. The highest BCUT2D eigenvalue weighted by Crippen LogP contribution is 2.17. The fraction of sp³-hybridized carbons (Fsp3) is 0.800. The number of hydrogen-bond acceptors (Lipinski definition) is 5. The monoisotopic (exact) mass is 163 g/mol. The molecule has 64 valence electrons. The molecule has 0 radical (unpaired) electrons. The van der Waals surface area contributed by atoms with Crippen molar-refractivity contribution in [2.75, 3.05) is 0 Å². The van der Waals surface area contributed by atoms with Crippen LogP contribution in [-0.2, 0) is 9.53 Å². The van der Waals surface area contributed by atoms with E-state index in [9.17, 15) is 4.79 Å². The van der Waals surface area contributed by atoms with Crippen molar-refractivity contribution in [3.05, 3.63) is 0 Å². The second-order valence-corrected chi connectivity index (χ2v) is 2.35. The summed E-state index contributed by atoms with van der Waals surface area (Å²) in [7, 11) is 0. The van der Waals surface area contributed by atoms with Crippen LogP contribution >= 0.6 is 0 Å². The molecule has 1 heterocycles. The number of nitrogens with two attached hydrogens (primary N) is 1. The summed E-state index contributed by atoms with van der Waals surface area (Å²) in [5.74, 6) is -1.28. The molecular weight excluding hydrogens is 154 g/mol. The molecule has 0 aromatic heterocycles. The first kappa shape index (κ1) is 8.41. The Morgan fingerprint density at radius 1 is 1.45 bits per heavy atom. The van der Waals surface area contributed by atoms with Gasteiger partial charge in [0.2, 0.25) is 0 Å². The highest BCUT2D eigenvalue weighted by Gasteiger charge is 2.44. The summed E-state index contributed by atoms with van der Waals surface area (Å²) in [6.07, 6.45) is -4.14. The first-order valence-electron chi connectivity index (χ1n) is 3.04. The number of ether oxygens (including phenoxy) is 1. The van der Waals surface area contributed by atoms with Gasteiger partial charge in [-0.25, -0.2) is 4.79 Å². The van der Waals surface area contributed by atoms with Gasteiger partial charge in [0.1, 0.15) is 6.10 Å². The van der Waals surface area contributed by atoms with Gasteiger partial charge in [-0.15, -0.1) is 0 Å². The molecule has 1 saturated heterocycles. The smallest absolute Gasteiger partial charge is 0.334 e. The number of rotatable bonds is 1. The largest absolute Gasteiger partial charge is 0.479 e. The lowest BCUT2D eigenvalue weighted by Crippen LogP contribution is -2.43. The molecule has 0 bridgehead atoms. The molecule has 1 aliphatic rings. The summed E-state index contributed by atoms with van der Waals surface area (Å²) in [5.41, 5.74) is 5.20. The predicted octanol–water partition coefficient (Wildman–Crippen LogP) is -2.52. The molecule has 1 unspecified atom stereocenters. The van der Waals surface area contributed by atoms with Crippen LogP contribution in [0.1, 0.15) is 0 Å². The molecule has 0 aliphatic carbocycles. The Morgan fingerprint density at radius 2 is 2.00 bits per heavy atom. The zero-order valence-electron chi connectivity index (χ0n) is 5.54. The second-order valence-electron chi connectivity index (χ2n) is 2.35. The summed E-state index contributed by atoms with van der Waals surface area (Å²) in [6.45, 7) is 0.